The van der Waals surface area contributed by atoms with E-state index in [4.69, 9.17) is 14.6 Å². The third-order valence-corrected chi connectivity index (χ3v) is 4.12. The standard InChI is InChI=1S/C17H20O7/c1-10(9-18)15-5-6-17(24-15,16(22)23-2)8-14(21)12-7-11(19)3-4-13(12)20/h3-4,7,15,18-20H,1,5-6,8-9H2,2H3/t15-,17-/m1/s1. The zero-order valence-corrected chi connectivity index (χ0v) is 13.3. The molecule has 1 aromatic rings. The van der Waals surface area contributed by atoms with Crippen molar-refractivity contribution in [2.75, 3.05) is 13.7 Å². The Labute approximate surface area is 139 Å². The minimum atomic E-state index is -1.51. The lowest BCUT2D eigenvalue weighted by atomic mass is 9.90. The van der Waals surface area contributed by atoms with E-state index in [1.807, 2.05) is 0 Å². The first-order valence-electron chi connectivity index (χ1n) is 7.43. The number of phenolic OH excluding ortho intramolecular Hbond substituents is 2. The van der Waals surface area contributed by atoms with Crippen LogP contribution in [0.2, 0.25) is 0 Å². The first-order chi connectivity index (χ1) is 11.3. The minimum absolute atomic E-state index is 0.105. The van der Waals surface area contributed by atoms with Crippen molar-refractivity contribution in [1.29, 1.82) is 0 Å². The van der Waals surface area contributed by atoms with E-state index in [0.29, 0.717) is 12.0 Å². The lowest BCUT2D eigenvalue weighted by Gasteiger charge is -2.26. The summed E-state index contributed by atoms with van der Waals surface area (Å²) in [5, 5.41) is 28.5. The van der Waals surface area contributed by atoms with Crippen molar-refractivity contribution in [2.45, 2.75) is 31.0 Å². The maximum Gasteiger partial charge on any atom is 0.338 e. The number of esters is 1. The molecule has 3 N–H and O–H groups in total. The van der Waals surface area contributed by atoms with Crippen LogP contribution in [0.3, 0.4) is 0 Å². The molecular formula is C17H20O7. The second-order valence-corrected chi connectivity index (χ2v) is 5.75. The summed E-state index contributed by atoms with van der Waals surface area (Å²) < 4.78 is 10.5. The number of rotatable bonds is 6. The molecule has 7 heteroatoms. The number of benzene rings is 1. The number of hydrogen-bond donors (Lipinski definition) is 3. The molecule has 1 saturated heterocycles. The number of ether oxygens (including phenoxy) is 2. The van der Waals surface area contributed by atoms with E-state index in [-0.39, 0.29) is 36.5 Å². The molecule has 0 saturated carbocycles. The Bertz CT molecular complexity index is 667. The number of Topliss-reactive ketones (excluding diaryl/α,β-unsaturated/α-hetero) is 1. The van der Waals surface area contributed by atoms with Crippen LogP contribution in [0, 0.1) is 0 Å². The van der Waals surface area contributed by atoms with Crippen molar-refractivity contribution in [3.63, 3.8) is 0 Å². The molecule has 1 aliphatic rings. The molecule has 0 bridgehead atoms. The molecule has 0 aliphatic carbocycles. The summed E-state index contributed by atoms with van der Waals surface area (Å²) in [5.41, 5.74) is -1.20. The maximum atomic E-state index is 12.5. The number of aliphatic hydroxyl groups is 1. The van der Waals surface area contributed by atoms with Crippen LogP contribution in [-0.4, -0.2) is 52.5 Å². The number of carbonyl (C=O) groups excluding carboxylic acids is 2. The summed E-state index contributed by atoms with van der Waals surface area (Å²) in [4.78, 5) is 24.7. The minimum Gasteiger partial charge on any atom is -0.508 e. The fourth-order valence-electron chi connectivity index (χ4n) is 2.78. The Morgan fingerprint density at radius 3 is 2.75 bits per heavy atom. The van der Waals surface area contributed by atoms with Gasteiger partial charge in [0.15, 0.2) is 11.4 Å². The Kier molecular flexibility index (Phi) is 5.26. The van der Waals surface area contributed by atoms with Gasteiger partial charge in [-0.1, -0.05) is 6.58 Å². The highest BCUT2D eigenvalue weighted by atomic mass is 16.6. The van der Waals surface area contributed by atoms with Gasteiger partial charge in [-0.05, 0) is 36.6 Å². The number of hydrogen-bond acceptors (Lipinski definition) is 7. The summed E-state index contributed by atoms with van der Waals surface area (Å²) in [5.74, 6) is -1.75. The van der Waals surface area contributed by atoms with Crippen LogP contribution < -0.4 is 0 Å². The van der Waals surface area contributed by atoms with E-state index in [1.165, 1.54) is 19.2 Å². The molecule has 0 radical (unpaired) electrons. The largest absolute Gasteiger partial charge is 0.508 e. The summed E-state index contributed by atoms with van der Waals surface area (Å²) in [6.45, 7) is 3.40. The van der Waals surface area contributed by atoms with Gasteiger partial charge in [-0.3, -0.25) is 4.79 Å². The van der Waals surface area contributed by atoms with Gasteiger partial charge in [-0.15, -0.1) is 0 Å². The third-order valence-electron chi connectivity index (χ3n) is 4.12. The highest BCUT2D eigenvalue weighted by Crippen LogP contribution is 2.38. The zero-order valence-electron chi connectivity index (χ0n) is 13.3. The fourth-order valence-corrected chi connectivity index (χ4v) is 2.78. The monoisotopic (exact) mass is 336 g/mol. The van der Waals surface area contributed by atoms with Gasteiger partial charge in [0.2, 0.25) is 0 Å². The van der Waals surface area contributed by atoms with Gasteiger partial charge in [-0.25, -0.2) is 4.79 Å². The van der Waals surface area contributed by atoms with Crippen molar-refractivity contribution in [1.82, 2.24) is 0 Å². The fraction of sp³-hybridized carbons (Fsp3) is 0.412. The highest BCUT2D eigenvalue weighted by molar-refractivity contribution is 6.02. The number of methoxy groups -OCH3 is 1. The SMILES string of the molecule is C=C(CO)[C@H]1CC[C@@](CC(=O)c2cc(O)ccc2O)(C(=O)OC)O1. The van der Waals surface area contributed by atoms with E-state index in [2.05, 4.69) is 6.58 Å². The van der Waals surface area contributed by atoms with Crippen LogP contribution in [0.1, 0.15) is 29.6 Å². The van der Waals surface area contributed by atoms with Crippen molar-refractivity contribution < 1.29 is 34.4 Å². The predicted octanol–water partition coefficient (Wildman–Crippen LogP) is 1.31. The average molecular weight is 336 g/mol. The van der Waals surface area contributed by atoms with Crippen molar-refractivity contribution in [3.8, 4) is 11.5 Å². The van der Waals surface area contributed by atoms with E-state index >= 15 is 0 Å². The first-order valence-corrected chi connectivity index (χ1v) is 7.43. The average Bonchev–Trinajstić information content (AvgIpc) is 3.00. The summed E-state index contributed by atoms with van der Waals surface area (Å²) in [6.07, 6.45) is -0.284. The molecule has 1 aliphatic heterocycles. The Balaban J connectivity index is 2.27. The van der Waals surface area contributed by atoms with Crippen molar-refractivity contribution in [2.24, 2.45) is 0 Å². The molecule has 1 aromatic carbocycles. The quantitative estimate of drug-likeness (QED) is 0.311. The van der Waals surface area contributed by atoms with Crippen LogP contribution in [0.5, 0.6) is 11.5 Å². The molecule has 1 heterocycles. The van der Waals surface area contributed by atoms with E-state index in [1.54, 1.807) is 0 Å². The van der Waals surface area contributed by atoms with E-state index in [0.717, 1.165) is 6.07 Å². The molecule has 0 unspecified atom stereocenters. The molecule has 7 nitrogen and oxygen atoms in total. The van der Waals surface area contributed by atoms with Gasteiger partial charge in [0.1, 0.15) is 11.5 Å². The van der Waals surface area contributed by atoms with Crippen molar-refractivity contribution in [3.05, 3.63) is 35.9 Å². The topological polar surface area (TPSA) is 113 Å². The van der Waals surface area contributed by atoms with Crippen LogP contribution in [-0.2, 0) is 14.3 Å². The second kappa shape index (κ2) is 7.02. The molecule has 24 heavy (non-hydrogen) atoms. The summed E-state index contributed by atoms with van der Waals surface area (Å²) >= 11 is 0. The van der Waals surface area contributed by atoms with Crippen molar-refractivity contribution >= 4 is 11.8 Å². The summed E-state index contributed by atoms with van der Waals surface area (Å²) in [7, 11) is 1.19. The van der Waals surface area contributed by atoms with Gasteiger partial charge >= 0.3 is 5.97 Å². The molecule has 0 aromatic heterocycles. The number of aliphatic hydroxyl groups excluding tert-OH is 1. The number of ketones is 1. The van der Waals surface area contributed by atoms with Gasteiger partial charge in [0.25, 0.3) is 0 Å². The van der Waals surface area contributed by atoms with Crippen LogP contribution in [0.15, 0.2) is 30.4 Å². The van der Waals surface area contributed by atoms with Gasteiger partial charge < -0.3 is 24.8 Å². The zero-order chi connectivity index (χ0) is 17.9. The molecule has 0 amide bonds. The maximum absolute atomic E-state index is 12.5. The Hall–Kier alpha value is -2.38. The number of phenols is 2. The number of aromatic hydroxyl groups is 2. The molecule has 2 atom stereocenters. The predicted molar refractivity (Wildman–Crippen MR) is 83.8 cm³/mol. The molecule has 1 fully saturated rings. The van der Waals surface area contributed by atoms with Crippen LogP contribution >= 0.6 is 0 Å². The first kappa shape index (κ1) is 18.0. The normalized spacial score (nSPS) is 23.0. The molecule has 130 valence electrons. The second-order valence-electron chi connectivity index (χ2n) is 5.75. The highest BCUT2D eigenvalue weighted by Gasteiger charge is 2.49. The Morgan fingerprint density at radius 1 is 1.42 bits per heavy atom. The number of carbonyl (C=O) groups is 2. The molecule has 2 rings (SSSR count). The van der Waals surface area contributed by atoms with Gasteiger partial charge in [0, 0.05) is 0 Å². The van der Waals surface area contributed by atoms with Gasteiger partial charge in [-0.2, -0.15) is 0 Å². The van der Waals surface area contributed by atoms with E-state index in [9.17, 15) is 19.8 Å². The van der Waals surface area contributed by atoms with E-state index < -0.39 is 23.5 Å². The van der Waals surface area contributed by atoms with Crippen LogP contribution in [0.4, 0.5) is 0 Å². The smallest absolute Gasteiger partial charge is 0.338 e. The third kappa shape index (κ3) is 3.42. The van der Waals surface area contributed by atoms with Crippen LogP contribution in [0.25, 0.3) is 0 Å². The lowest BCUT2D eigenvalue weighted by Crippen LogP contribution is -2.42. The van der Waals surface area contributed by atoms with Gasteiger partial charge in [0.05, 0.1) is 31.8 Å². The summed E-state index contributed by atoms with van der Waals surface area (Å²) in [6, 6.07) is 3.57. The lowest BCUT2D eigenvalue weighted by molar-refractivity contribution is -0.166. The molecule has 0 spiro atoms. The Morgan fingerprint density at radius 2 is 2.12 bits per heavy atom. The molecular weight excluding hydrogens is 316 g/mol.